The number of anilines is 2. The predicted octanol–water partition coefficient (Wildman–Crippen LogP) is 4.50. The molecule has 9 heteroatoms. The van der Waals surface area contributed by atoms with Gasteiger partial charge in [0.1, 0.15) is 0 Å². The molecule has 0 saturated carbocycles. The lowest BCUT2D eigenvalue weighted by atomic mass is 10.2. The first kappa shape index (κ1) is 23.5. The zero-order chi connectivity index (χ0) is 21.5. The average molecular weight is 548 g/mol. The summed E-state index contributed by atoms with van der Waals surface area (Å²) in [5.74, 6) is 2.10. The molecule has 1 amide bonds. The molecule has 0 bridgehead atoms. The van der Waals surface area contributed by atoms with Crippen LogP contribution in [-0.2, 0) is 6.54 Å². The zero-order valence-electron chi connectivity index (χ0n) is 17.6. The van der Waals surface area contributed by atoms with Crippen molar-refractivity contribution in [3.05, 3.63) is 72.2 Å². The van der Waals surface area contributed by atoms with Crippen molar-refractivity contribution in [3.8, 4) is 11.5 Å². The molecule has 3 N–H and O–H groups in total. The van der Waals surface area contributed by atoms with Crippen LogP contribution in [0.2, 0.25) is 0 Å². The number of carbonyl (C=O) groups excluding carboxylic acids is 1. The molecule has 3 aromatic rings. The Labute approximate surface area is 203 Å². The summed E-state index contributed by atoms with van der Waals surface area (Å²) in [7, 11) is 1.71. The largest absolute Gasteiger partial charge is 0.490 e. The molecule has 0 aliphatic carbocycles. The Morgan fingerprint density at radius 3 is 2.44 bits per heavy atom. The van der Waals surface area contributed by atoms with Crippen molar-refractivity contribution in [2.75, 3.05) is 30.9 Å². The van der Waals surface area contributed by atoms with Gasteiger partial charge in [0.2, 0.25) is 0 Å². The van der Waals surface area contributed by atoms with E-state index in [2.05, 4.69) is 20.9 Å². The lowest BCUT2D eigenvalue weighted by molar-refractivity contribution is 0.0996. The van der Waals surface area contributed by atoms with Crippen LogP contribution < -0.4 is 25.4 Å². The molecule has 1 aromatic heterocycles. The van der Waals surface area contributed by atoms with Gasteiger partial charge in [-0.3, -0.25) is 9.79 Å². The number of nitrogens with one attached hydrogen (secondary N) is 3. The molecular weight excluding hydrogens is 523 g/mol. The van der Waals surface area contributed by atoms with Gasteiger partial charge in [0.15, 0.2) is 23.2 Å². The van der Waals surface area contributed by atoms with Crippen molar-refractivity contribution in [2.45, 2.75) is 13.0 Å². The summed E-state index contributed by atoms with van der Waals surface area (Å²) in [6.07, 6.45) is 2.34. The van der Waals surface area contributed by atoms with E-state index in [1.165, 1.54) is 6.26 Å². The molecule has 4 rings (SSSR count). The maximum absolute atomic E-state index is 12.0. The highest BCUT2D eigenvalue weighted by Gasteiger charge is 2.12. The number of halogens is 1. The van der Waals surface area contributed by atoms with Gasteiger partial charge >= 0.3 is 0 Å². The second-order valence-corrected chi connectivity index (χ2v) is 6.89. The van der Waals surface area contributed by atoms with Gasteiger partial charge in [-0.25, -0.2) is 0 Å². The summed E-state index contributed by atoms with van der Waals surface area (Å²) in [5, 5.41) is 9.33. The van der Waals surface area contributed by atoms with Crippen LogP contribution >= 0.6 is 24.0 Å². The molecular formula is C23H25IN4O4. The van der Waals surface area contributed by atoms with Crippen molar-refractivity contribution < 1.29 is 18.7 Å². The van der Waals surface area contributed by atoms with Crippen molar-refractivity contribution >= 4 is 47.2 Å². The standard InChI is InChI=1S/C23H24N4O4.HI/c1-24-23(27-18-9-10-19-21(14-18)31-13-3-12-29-19)25-15-16-5-7-17(8-6-16)26-22(28)20-4-2-11-30-20;/h2,4-11,14H,3,12-13,15H2,1H3,(H,26,28)(H2,24,25,27);1H. The van der Waals surface area contributed by atoms with Crippen LogP contribution in [0.1, 0.15) is 22.5 Å². The Morgan fingerprint density at radius 1 is 0.969 bits per heavy atom. The second-order valence-electron chi connectivity index (χ2n) is 6.89. The minimum absolute atomic E-state index is 0. The quantitative estimate of drug-likeness (QED) is 0.247. The normalized spacial score (nSPS) is 12.8. The molecule has 0 radical (unpaired) electrons. The molecule has 0 unspecified atom stereocenters. The number of nitrogens with zero attached hydrogens (tertiary/aromatic N) is 1. The number of rotatable bonds is 5. The monoisotopic (exact) mass is 548 g/mol. The van der Waals surface area contributed by atoms with Gasteiger partial charge in [-0.2, -0.15) is 0 Å². The van der Waals surface area contributed by atoms with Crippen LogP contribution in [0.5, 0.6) is 11.5 Å². The molecule has 0 saturated heterocycles. The summed E-state index contributed by atoms with van der Waals surface area (Å²) in [6, 6.07) is 16.6. The van der Waals surface area contributed by atoms with Crippen LogP contribution in [-0.4, -0.2) is 32.1 Å². The number of amides is 1. The van der Waals surface area contributed by atoms with Crippen LogP contribution in [0, 0.1) is 0 Å². The van der Waals surface area contributed by atoms with Crippen molar-refractivity contribution in [3.63, 3.8) is 0 Å². The van der Waals surface area contributed by atoms with Crippen molar-refractivity contribution in [1.29, 1.82) is 0 Å². The van der Waals surface area contributed by atoms with Gasteiger partial charge in [-0.15, -0.1) is 24.0 Å². The van der Waals surface area contributed by atoms with E-state index in [0.29, 0.717) is 31.4 Å². The highest BCUT2D eigenvalue weighted by atomic mass is 127. The number of aliphatic imine (C=N–C) groups is 1. The molecule has 1 aliphatic heterocycles. The topological polar surface area (TPSA) is 97.1 Å². The van der Waals surface area contributed by atoms with Gasteiger partial charge in [0, 0.05) is 37.5 Å². The van der Waals surface area contributed by atoms with Gasteiger partial charge in [-0.1, -0.05) is 12.1 Å². The summed E-state index contributed by atoms with van der Waals surface area (Å²) in [6.45, 7) is 1.87. The Hall–Kier alpha value is -3.21. The second kappa shape index (κ2) is 11.4. The van der Waals surface area contributed by atoms with Crippen molar-refractivity contribution in [1.82, 2.24) is 5.32 Å². The fraction of sp³-hybridized carbons (Fsp3) is 0.217. The Balaban J connectivity index is 0.00000289. The molecule has 0 fully saturated rings. The lowest BCUT2D eigenvalue weighted by Crippen LogP contribution is -2.30. The number of fused-ring (bicyclic) bond motifs is 1. The molecule has 0 spiro atoms. The lowest BCUT2D eigenvalue weighted by Gasteiger charge is -2.14. The number of ether oxygens (including phenoxy) is 2. The first-order valence-corrected chi connectivity index (χ1v) is 10.0. The molecule has 2 aromatic carbocycles. The summed E-state index contributed by atoms with van der Waals surface area (Å²) in [4.78, 5) is 16.3. The van der Waals surface area contributed by atoms with E-state index in [4.69, 9.17) is 13.9 Å². The number of guanidine groups is 1. The summed E-state index contributed by atoms with van der Waals surface area (Å²) >= 11 is 0. The predicted molar refractivity (Wildman–Crippen MR) is 134 cm³/mol. The SMILES string of the molecule is CN=C(NCc1ccc(NC(=O)c2ccco2)cc1)Nc1ccc2c(c1)OCCCO2.I. The van der Waals surface area contributed by atoms with Crippen LogP contribution in [0.15, 0.2) is 70.3 Å². The molecule has 2 heterocycles. The number of hydrogen-bond acceptors (Lipinski definition) is 5. The summed E-state index contributed by atoms with van der Waals surface area (Å²) in [5.41, 5.74) is 2.59. The van der Waals surface area contributed by atoms with E-state index in [1.54, 1.807) is 19.2 Å². The number of benzene rings is 2. The molecule has 32 heavy (non-hydrogen) atoms. The third-order valence-electron chi connectivity index (χ3n) is 4.65. The highest BCUT2D eigenvalue weighted by molar-refractivity contribution is 14.0. The van der Waals surface area contributed by atoms with E-state index in [0.717, 1.165) is 29.2 Å². The molecule has 1 aliphatic rings. The van der Waals surface area contributed by atoms with E-state index in [9.17, 15) is 4.79 Å². The minimum atomic E-state index is -0.282. The first-order valence-electron chi connectivity index (χ1n) is 10.0. The van der Waals surface area contributed by atoms with Gasteiger partial charge in [-0.05, 0) is 42.0 Å². The smallest absolute Gasteiger partial charge is 0.291 e. The third-order valence-corrected chi connectivity index (χ3v) is 4.65. The minimum Gasteiger partial charge on any atom is -0.490 e. The Morgan fingerprint density at radius 2 is 1.72 bits per heavy atom. The Kier molecular flexibility index (Phi) is 8.37. The fourth-order valence-corrected chi connectivity index (χ4v) is 3.05. The number of furan rings is 1. The first-order chi connectivity index (χ1) is 15.2. The number of carbonyl (C=O) groups is 1. The van der Waals surface area contributed by atoms with E-state index in [-0.39, 0.29) is 35.6 Å². The third kappa shape index (κ3) is 6.16. The van der Waals surface area contributed by atoms with E-state index >= 15 is 0 Å². The molecule has 0 atom stereocenters. The van der Waals surface area contributed by atoms with Crippen LogP contribution in [0.25, 0.3) is 0 Å². The van der Waals surface area contributed by atoms with Gasteiger partial charge in [0.25, 0.3) is 5.91 Å². The molecule has 168 valence electrons. The Bertz CT molecular complexity index is 1050. The van der Waals surface area contributed by atoms with Crippen LogP contribution in [0.4, 0.5) is 11.4 Å². The van der Waals surface area contributed by atoms with Crippen LogP contribution in [0.3, 0.4) is 0 Å². The average Bonchev–Trinajstić information content (AvgIpc) is 3.24. The fourth-order valence-electron chi connectivity index (χ4n) is 3.05. The highest BCUT2D eigenvalue weighted by Crippen LogP contribution is 2.32. The maximum Gasteiger partial charge on any atom is 0.291 e. The van der Waals surface area contributed by atoms with Gasteiger partial charge < -0.3 is 29.8 Å². The van der Waals surface area contributed by atoms with Gasteiger partial charge in [0.05, 0.1) is 19.5 Å². The molecule has 8 nitrogen and oxygen atoms in total. The van der Waals surface area contributed by atoms with E-state index < -0.39 is 0 Å². The van der Waals surface area contributed by atoms with Crippen molar-refractivity contribution in [2.24, 2.45) is 4.99 Å². The maximum atomic E-state index is 12.0. The number of hydrogen-bond donors (Lipinski definition) is 3. The van der Waals surface area contributed by atoms with E-state index in [1.807, 2.05) is 42.5 Å². The summed E-state index contributed by atoms with van der Waals surface area (Å²) < 4.78 is 16.5. The zero-order valence-corrected chi connectivity index (χ0v) is 19.9.